The molecule has 1 aromatic heterocycles. The molecule has 1 unspecified atom stereocenters. The highest BCUT2D eigenvalue weighted by molar-refractivity contribution is 5.95. The lowest BCUT2D eigenvalue weighted by Crippen LogP contribution is -2.30. The van der Waals surface area contributed by atoms with Gasteiger partial charge >= 0.3 is 0 Å². The Morgan fingerprint density at radius 1 is 1.07 bits per heavy atom. The molecule has 7 nitrogen and oxygen atoms in total. The first kappa shape index (κ1) is 18.4. The highest BCUT2D eigenvalue weighted by Crippen LogP contribution is 2.26. The van der Waals surface area contributed by atoms with E-state index in [1.807, 2.05) is 36.4 Å². The first-order chi connectivity index (χ1) is 13.1. The Morgan fingerprint density at radius 3 is 2.37 bits per heavy atom. The quantitative estimate of drug-likeness (QED) is 0.685. The summed E-state index contributed by atoms with van der Waals surface area (Å²) in [6.45, 7) is 3.75. The number of rotatable bonds is 7. The van der Waals surface area contributed by atoms with Crippen molar-refractivity contribution in [2.75, 3.05) is 12.4 Å². The summed E-state index contributed by atoms with van der Waals surface area (Å²) in [6, 6.07) is 14.9. The Bertz CT molecular complexity index is 888. The highest BCUT2D eigenvalue weighted by atomic mass is 16.6. The number of ether oxygens (including phenoxy) is 2. The predicted octanol–water partition coefficient (Wildman–Crippen LogP) is 3.71. The fraction of sp³-hybridized carbons (Fsp3) is 0.250. The van der Waals surface area contributed by atoms with Gasteiger partial charge < -0.3 is 14.8 Å². The topological polar surface area (TPSA) is 86.5 Å². The number of carbonyl (C=O) groups excluding carboxylic acids is 1. The molecule has 7 heteroatoms. The number of aromatic nitrogens is 2. The summed E-state index contributed by atoms with van der Waals surface area (Å²) >= 11 is 0. The fourth-order valence-electron chi connectivity index (χ4n) is 2.49. The summed E-state index contributed by atoms with van der Waals surface area (Å²) < 4.78 is 15.6. The number of hydrogen-bond donors (Lipinski definition) is 1. The van der Waals surface area contributed by atoms with Crippen LogP contribution in [0.2, 0.25) is 0 Å². The number of benzene rings is 2. The van der Waals surface area contributed by atoms with E-state index in [-0.39, 0.29) is 11.7 Å². The number of amides is 1. The van der Waals surface area contributed by atoms with Crippen LogP contribution in [-0.4, -0.2) is 29.4 Å². The van der Waals surface area contributed by atoms with E-state index in [1.165, 1.54) is 5.56 Å². The van der Waals surface area contributed by atoms with Crippen LogP contribution in [0, 0.1) is 0 Å². The Kier molecular flexibility index (Phi) is 5.71. The van der Waals surface area contributed by atoms with Crippen LogP contribution in [0.5, 0.6) is 11.5 Å². The van der Waals surface area contributed by atoms with Crippen molar-refractivity contribution < 1.29 is 18.9 Å². The van der Waals surface area contributed by atoms with Crippen LogP contribution in [0.3, 0.4) is 0 Å². The smallest absolute Gasteiger partial charge is 0.266 e. The van der Waals surface area contributed by atoms with Crippen LogP contribution >= 0.6 is 0 Å². The van der Waals surface area contributed by atoms with Crippen LogP contribution < -0.4 is 14.8 Å². The summed E-state index contributed by atoms with van der Waals surface area (Å²) in [5.41, 5.74) is 2.39. The van der Waals surface area contributed by atoms with Gasteiger partial charge in [-0.25, -0.2) is 4.63 Å². The van der Waals surface area contributed by atoms with Gasteiger partial charge in [-0.15, -0.1) is 0 Å². The average molecular weight is 367 g/mol. The van der Waals surface area contributed by atoms with Crippen molar-refractivity contribution in [3.05, 3.63) is 54.1 Å². The third-order valence-corrected chi connectivity index (χ3v) is 4.11. The van der Waals surface area contributed by atoms with E-state index in [4.69, 9.17) is 14.1 Å². The van der Waals surface area contributed by atoms with Gasteiger partial charge in [-0.1, -0.05) is 19.1 Å². The van der Waals surface area contributed by atoms with Crippen molar-refractivity contribution in [2.24, 2.45) is 0 Å². The molecule has 3 aromatic rings. The Balaban J connectivity index is 1.67. The standard InChI is InChI=1S/C20H21N3O4/c1-4-14-5-9-17(10-6-14)26-13(2)20(24)21-19-18(22-27-23-19)15-7-11-16(25-3)12-8-15/h5-13H,4H2,1-3H3,(H,21,23,24). The minimum absolute atomic E-state index is 0.238. The van der Waals surface area contributed by atoms with Crippen molar-refractivity contribution in [3.8, 4) is 22.8 Å². The van der Waals surface area contributed by atoms with Crippen LogP contribution in [0.25, 0.3) is 11.3 Å². The molecular formula is C20H21N3O4. The number of anilines is 1. The molecule has 0 aliphatic heterocycles. The van der Waals surface area contributed by atoms with E-state index in [2.05, 4.69) is 22.6 Å². The van der Waals surface area contributed by atoms with E-state index in [9.17, 15) is 4.79 Å². The van der Waals surface area contributed by atoms with E-state index in [0.717, 1.165) is 17.7 Å². The molecule has 0 bridgehead atoms. The van der Waals surface area contributed by atoms with Gasteiger partial charge in [-0.05, 0) is 65.6 Å². The van der Waals surface area contributed by atoms with Gasteiger partial charge in [0.25, 0.3) is 5.91 Å². The van der Waals surface area contributed by atoms with E-state index < -0.39 is 6.10 Å². The molecule has 0 radical (unpaired) electrons. The lowest BCUT2D eigenvalue weighted by atomic mass is 10.1. The lowest BCUT2D eigenvalue weighted by Gasteiger charge is -2.14. The second-order valence-electron chi connectivity index (χ2n) is 5.94. The molecule has 0 saturated heterocycles. The fourth-order valence-corrected chi connectivity index (χ4v) is 2.49. The molecule has 0 spiro atoms. The number of nitrogens with zero attached hydrogens (tertiary/aromatic N) is 2. The highest BCUT2D eigenvalue weighted by Gasteiger charge is 2.20. The van der Waals surface area contributed by atoms with Crippen molar-refractivity contribution in [1.29, 1.82) is 0 Å². The number of methoxy groups -OCH3 is 1. The van der Waals surface area contributed by atoms with Crippen molar-refractivity contribution in [2.45, 2.75) is 26.4 Å². The van der Waals surface area contributed by atoms with E-state index in [0.29, 0.717) is 11.4 Å². The van der Waals surface area contributed by atoms with Crippen LogP contribution in [-0.2, 0) is 11.2 Å². The summed E-state index contributed by atoms with van der Waals surface area (Å²) in [4.78, 5) is 12.5. The summed E-state index contributed by atoms with van der Waals surface area (Å²) in [7, 11) is 1.59. The first-order valence-electron chi connectivity index (χ1n) is 8.64. The van der Waals surface area contributed by atoms with Gasteiger partial charge in [0.15, 0.2) is 11.8 Å². The molecule has 0 aliphatic rings. The molecule has 27 heavy (non-hydrogen) atoms. The largest absolute Gasteiger partial charge is 0.497 e. The van der Waals surface area contributed by atoms with Crippen molar-refractivity contribution in [3.63, 3.8) is 0 Å². The molecular weight excluding hydrogens is 346 g/mol. The molecule has 1 atom stereocenters. The summed E-state index contributed by atoms with van der Waals surface area (Å²) in [5.74, 6) is 1.24. The average Bonchev–Trinajstić information content (AvgIpc) is 3.16. The zero-order valence-corrected chi connectivity index (χ0v) is 15.4. The van der Waals surface area contributed by atoms with Gasteiger partial charge in [-0.2, -0.15) is 0 Å². The van der Waals surface area contributed by atoms with E-state index >= 15 is 0 Å². The van der Waals surface area contributed by atoms with Gasteiger partial charge in [0.05, 0.1) is 7.11 Å². The molecule has 1 amide bonds. The minimum atomic E-state index is -0.710. The zero-order valence-electron chi connectivity index (χ0n) is 15.4. The number of aryl methyl sites for hydroxylation is 1. The summed E-state index contributed by atoms with van der Waals surface area (Å²) in [5, 5.41) is 10.4. The maximum Gasteiger partial charge on any atom is 0.266 e. The predicted molar refractivity (Wildman–Crippen MR) is 101 cm³/mol. The molecule has 3 rings (SSSR count). The lowest BCUT2D eigenvalue weighted by molar-refractivity contribution is -0.122. The second kappa shape index (κ2) is 8.35. The molecule has 0 fully saturated rings. The monoisotopic (exact) mass is 367 g/mol. The zero-order chi connectivity index (χ0) is 19.2. The van der Waals surface area contributed by atoms with E-state index in [1.54, 1.807) is 26.2 Å². The molecule has 140 valence electrons. The maximum absolute atomic E-state index is 12.5. The molecule has 1 N–H and O–H groups in total. The number of hydrogen-bond acceptors (Lipinski definition) is 6. The minimum Gasteiger partial charge on any atom is -0.497 e. The third kappa shape index (κ3) is 4.44. The normalized spacial score (nSPS) is 11.7. The second-order valence-corrected chi connectivity index (χ2v) is 5.94. The van der Waals surface area contributed by atoms with Crippen molar-refractivity contribution in [1.82, 2.24) is 10.3 Å². The van der Waals surface area contributed by atoms with Gasteiger partial charge in [0.2, 0.25) is 5.82 Å². The third-order valence-electron chi connectivity index (χ3n) is 4.11. The molecule has 0 saturated carbocycles. The first-order valence-corrected chi connectivity index (χ1v) is 8.64. The number of carbonyl (C=O) groups is 1. The van der Waals surface area contributed by atoms with Crippen LogP contribution in [0.4, 0.5) is 5.82 Å². The molecule has 1 heterocycles. The molecule has 2 aromatic carbocycles. The Morgan fingerprint density at radius 2 is 1.74 bits per heavy atom. The van der Waals surface area contributed by atoms with Crippen molar-refractivity contribution >= 4 is 11.7 Å². The summed E-state index contributed by atoms with van der Waals surface area (Å²) in [6.07, 6.45) is 0.238. The van der Waals surface area contributed by atoms with Gasteiger partial charge in [-0.3, -0.25) is 4.79 Å². The SMILES string of the molecule is CCc1ccc(OC(C)C(=O)Nc2nonc2-c2ccc(OC)cc2)cc1. The van der Waals surface area contributed by atoms with Gasteiger partial charge in [0, 0.05) is 5.56 Å². The number of nitrogens with one attached hydrogen (secondary N) is 1. The Hall–Kier alpha value is -3.35. The maximum atomic E-state index is 12.5. The van der Waals surface area contributed by atoms with Gasteiger partial charge in [0.1, 0.15) is 11.5 Å². The molecule has 0 aliphatic carbocycles. The van der Waals surface area contributed by atoms with Crippen LogP contribution in [0.15, 0.2) is 53.2 Å². The Labute approximate surface area is 157 Å². The van der Waals surface area contributed by atoms with Crippen LogP contribution in [0.1, 0.15) is 19.4 Å².